The van der Waals surface area contributed by atoms with E-state index in [4.69, 9.17) is 4.52 Å². The summed E-state index contributed by atoms with van der Waals surface area (Å²) < 4.78 is 7.64. The Labute approximate surface area is 184 Å². The first-order chi connectivity index (χ1) is 14.7. The average molecular weight is 441 g/mol. The van der Waals surface area contributed by atoms with E-state index in [0.29, 0.717) is 17.5 Å². The lowest BCUT2D eigenvalue weighted by atomic mass is 10.2. The molecule has 1 atom stereocenters. The summed E-state index contributed by atoms with van der Waals surface area (Å²) in [6.07, 6.45) is 0.957. The van der Waals surface area contributed by atoms with Gasteiger partial charge in [-0.25, -0.2) is 0 Å². The maximum Gasteiger partial charge on any atom is 0.237 e. The number of benzene rings is 1. The van der Waals surface area contributed by atoms with Gasteiger partial charge in [-0.2, -0.15) is 4.98 Å². The van der Waals surface area contributed by atoms with Crippen LogP contribution in [0, 0.1) is 0 Å². The zero-order valence-electron chi connectivity index (χ0n) is 17.2. The van der Waals surface area contributed by atoms with Gasteiger partial charge in [-0.3, -0.25) is 4.90 Å². The van der Waals surface area contributed by atoms with Gasteiger partial charge in [0.15, 0.2) is 11.0 Å². The molecule has 3 heterocycles. The largest absolute Gasteiger partial charge is 0.338 e. The van der Waals surface area contributed by atoms with Crippen molar-refractivity contribution in [2.24, 2.45) is 0 Å². The van der Waals surface area contributed by atoms with Crippen LogP contribution in [0.2, 0.25) is 0 Å². The Morgan fingerprint density at radius 3 is 2.67 bits per heavy atom. The van der Waals surface area contributed by atoms with Crippen molar-refractivity contribution in [3.8, 4) is 10.7 Å². The van der Waals surface area contributed by atoms with Crippen LogP contribution in [0.1, 0.15) is 36.7 Å². The van der Waals surface area contributed by atoms with Crippen LogP contribution < -0.4 is 0 Å². The maximum absolute atomic E-state index is 5.44. The van der Waals surface area contributed by atoms with Crippen molar-refractivity contribution in [1.29, 1.82) is 0 Å². The van der Waals surface area contributed by atoms with Crippen molar-refractivity contribution in [2.45, 2.75) is 36.8 Å². The minimum Gasteiger partial charge on any atom is -0.338 e. The van der Waals surface area contributed by atoms with Crippen molar-refractivity contribution in [1.82, 2.24) is 29.8 Å². The number of rotatable bonds is 9. The normalized spacial score (nSPS) is 12.5. The Kier molecular flexibility index (Phi) is 6.61. The topological polar surface area (TPSA) is 72.9 Å². The van der Waals surface area contributed by atoms with E-state index in [9.17, 15) is 0 Å². The number of hydrogen-bond acceptors (Lipinski definition) is 8. The third-order valence-electron chi connectivity index (χ3n) is 4.77. The number of thiophene rings is 1. The quantitative estimate of drug-likeness (QED) is 0.348. The second-order valence-corrected chi connectivity index (χ2v) is 8.97. The van der Waals surface area contributed by atoms with E-state index in [1.165, 1.54) is 5.56 Å². The van der Waals surface area contributed by atoms with E-state index in [2.05, 4.69) is 75.1 Å². The maximum atomic E-state index is 5.44. The molecule has 4 aromatic rings. The molecule has 156 valence electrons. The van der Waals surface area contributed by atoms with E-state index in [1.807, 2.05) is 23.6 Å². The molecule has 3 aromatic heterocycles. The van der Waals surface area contributed by atoms with Crippen LogP contribution in [-0.4, -0.2) is 43.9 Å². The molecule has 9 heteroatoms. The van der Waals surface area contributed by atoms with Crippen molar-refractivity contribution >= 4 is 23.1 Å². The number of aromatic nitrogens is 5. The summed E-state index contributed by atoms with van der Waals surface area (Å²) in [7, 11) is 4.15. The lowest BCUT2D eigenvalue weighted by Gasteiger charge is -2.23. The summed E-state index contributed by atoms with van der Waals surface area (Å²) in [5.41, 5.74) is 1.21. The van der Waals surface area contributed by atoms with Gasteiger partial charge in [-0.15, -0.1) is 21.5 Å². The predicted octanol–water partition coefficient (Wildman–Crippen LogP) is 4.74. The third-order valence-corrected chi connectivity index (χ3v) is 6.59. The predicted molar refractivity (Wildman–Crippen MR) is 119 cm³/mol. The standard InChI is InChI=1S/C21H24N6OS2/c1-4-16(26(2)3)20-23-24-21(27(20)13-15-9-6-5-7-10-15)30-14-18-22-19(25-28-18)17-11-8-12-29-17/h5-12,16H,4,13-14H2,1-3H3. The van der Waals surface area contributed by atoms with Crippen molar-refractivity contribution in [3.63, 3.8) is 0 Å². The first-order valence-corrected chi connectivity index (χ1v) is 11.6. The molecule has 1 aromatic carbocycles. The molecule has 0 bridgehead atoms. The second-order valence-electron chi connectivity index (χ2n) is 7.08. The minimum atomic E-state index is 0.199. The van der Waals surface area contributed by atoms with Crippen molar-refractivity contribution in [2.75, 3.05) is 14.1 Å². The highest BCUT2D eigenvalue weighted by Crippen LogP contribution is 2.29. The first kappa shape index (κ1) is 20.8. The van der Waals surface area contributed by atoms with Gasteiger partial charge in [0.05, 0.1) is 23.2 Å². The molecule has 30 heavy (non-hydrogen) atoms. The fourth-order valence-corrected chi connectivity index (χ4v) is 4.72. The summed E-state index contributed by atoms with van der Waals surface area (Å²) in [6.45, 7) is 2.89. The lowest BCUT2D eigenvalue weighted by Crippen LogP contribution is -2.23. The molecule has 7 nitrogen and oxygen atoms in total. The van der Waals surface area contributed by atoms with Crippen LogP contribution in [0.3, 0.4) is 0 Å². The highest BCUT2D eigenvalue weighted by Gasteiger charge is 2.22. The molecular formula is C21H24N6OS2. The molecule has 4 rings (SSSR count). The van der Waals surface area contributed by atoms with Gasteiger partial charge in [0.1, 0.15) is 0 Å². The van der Waals surface area contributed by atoms with Crippen LogP contribution in [0.5, 0.6) is 0 Å². The summed E-state index contributed by atoms with van der Waals surface area (Å²) in [6, 6.07) is 14.6. The van der Waals surface area contributed by atoms with Gasteiger partial charge in [0.2, 0.25) is 11.7 Å². The minimum absolute atomic E-state index is 0.199. The molecule has 0 spiro atoms. The van der Waals surface area contributed by atoms with Gasteiger partial charge in [0.25, 0.3) is 0 Å². The zero-order valence-corrected chi connectivity index (χ0v) is 18.9. The van der Waals surface area contributed by atoms with Gasteiger partial charge < -0.3 is 9.09 Å². The number of thioether (sulfide) groups is 1. The summed E-state index contributed by atoms with van der Waals surface area (Å²) in [5, 5.41) is 16.0. The number of hydrogen-bond donors (Lipinski definition) is 0. The van der Waals surface area contributed by atoms with Gasteiger partial charge in [-0.05, 0) is 37.5 Å². The Hall–Kier alpha value is -2.49. The first-order valence-electron chi connectivity index (χ1n) is 9.78. The zero-order chi connectivity index (χ0) is 20.9. The van der Waals surface area contributed by atoms with E-state index in [0.717, 1.165) is 28.8 Å². The third kappa shape index (κ3) is 4.63. The molecule has 0 fully saturated rings. The molecule has 1 unspecified atom stereocenters. The van der Waals surface area contributed by atoms with Gasteiger partial charge >= 0.3 is 0 Å². The van der Waals surface area contributed by atoms with Gasteiger partial charge in [-0.1, -0.05) is 60.2 Å². The Balaban J connectivity index is 1.57. The smallest absolute Gasteiger partial charge is 0.237 e. The van der Waals surface area contributed by atoms with Crippen molar-refractivity contribution in [3.05, 3.63) is 65.1 Å². The van der Waals surface area contributed by atoms with Crippen LogP contribution in [0.4, 0.5) is 0 Å². The van der Waals surface area contributed by atoms with Crippen LogP contribution >= 0.6 is 23.1 Å². The Morgan fingerprint density at radius 1 is 1.13 bits per heavy atom. The second kappa shape index (κ2) is 9.55. The van der Waals surface area contributed by atoms with Crippen LogP contribution in [-0.2, 0) is 12.3 Å². The van der Waals surface area contributed by atoms with E-state index in [1.54, 1.807) is 23.1 Å². The SMILES string of the molecule is CCC(c1nnc(SCc2nc(-c3cccs3)no2)n1Cc1ccccc1)N(C)C. The molecular weight excluding hydrogens is 416 g/mol. The lowest BCUT2D eigenvalue weighted by molar-refractivity contribution is 0.272. The van der Waals surface area contributed by atoms with Crippen LogP contribution in [0.25, 0.3) is 10.7 Å². The fraction of sp³-hybridized carbons (Fsp3) is 0.333. The summed E-state index contributed by atoms with van der Waals surface area (Å²) >= 11 is 3.16. The van der Waals surface area contributed by atoms with E-state index >= 15 is 0 Å². The molecule has 0 aliphatic heterocycles. The fourth-order valence-electron chi connectivity index (χ4n) is 3.29. The van der Waals surface area contributed by atoms with Gasteiger partial charge in [0, 0.05) is 0 Å². The Morgan fingerprint density at radius 2 is 1.97 bits per heavy atom. The summed E-state index contributed by atoms with van der Waals surface area (Å²) in [4.78, 5) is 7.70. The van der Waals surface area contributed by atoms with Crippen molar-refractivity contribution < 1.29 is 4.52 Å². The highest BCUT2D eigenvalue weighted by molar-refractivity contribution is 7.98. The number of nitrogens with zero attached hydrogens (tertiary/aromatic N) is 6. The Bertz CT molecular complexity index is 1060. The molecule has 0 amide bonds. The molecule has 0 N–H and O–H groups in total. The molecule has 0 aliphatic rings. The monoisotopic (exact) mass is 440 g/mol. The summed E-state index contributed by atoms with van der Waals surface area (Å²) in [5.74, 6) is 2.73. The van der Waals surface area contributed by atoms with E-state index < -0.39 is 0 Å². The van der Waals surface area contributed by atoms with Crippen LogP contribution in [0.15, 0.2) is 57.5 Å². The molecule has 0 aliphatic carbocycles. The molecule has 0 saturated heterocycles. The molecule has 0 saturated carbocycles. The average Bonchev–Trinajstić information content (AvgIpc) is 3.49. The highest BCUT2D eigenvalue weighted by atomic mass is 32.2. The molecule has 0 radical (unpaired) electrons. The van der Waals surface area contributed by atoms with E-state index in [-0.39, 0.29) is 6.04 Å².